The molecule has 3 heteroatoms. The van der Waals surface area contributed by atoms with Crippen LogP contribution in [0.2, 0.25) is 0 Å². The number of benzene rings is 1. The Morgan fingerprint density at radius 2 is 2.12 bits per heavy atom. The lowest BCUT2D eigenvalue weighted by molar-refractivity contribution is 0.713. The lowest BCUT2D eigenvalue weighted by Crippen LogP contribution is -2.12. The summed E-state index contributed by atoms with van der Waals surface area (Å²) in [6.45, 7) is 4.00. The van der Waals surface area contributed by atoms with Crippen molar-refractivity contribution in [1.29, 1.82) is 0 Å². The van der Waals surface area contributed by atoms with Crippen LogP contribution in [0, 0.1) is 0 Å². The van der Waals surface area contributed by atoms with E-state index in [4.69, 9.17) is 0 Å². The van der Waals surface area contributed by atoms with Crippen LogP contribution in [0.5, 0.6) is 0 Å². The van der Waals surface area contributed by atoms with E-state index in [1.165, 1.54) is 10.9 Å². The van der Waals surface area contributed by atoms with Gasteiger partial charge in [-0.05, 0) is 30.5 Å². The Hall–Kier alpha value is -1.06. The molecule has 0 fully saturated rings. The van der Waals surface area contributed by atoms with Gasteiger partial charge in [0.15, 0.2) is 0 Å². The normalized spacial score (nSPS) is 10.9. The second-order valence-electron chi connectivity index (χ2n) is 3.63. The summed E-state index contributed by atoms with van der Waals surface area (Å²) >= 11 is 1.71. The topological polar surface area (TPSA) is 24.9 Å². The number of pyridine rings is 1. The number of fused-ring (bicyclic) bond motifs is 1. The summed E-state index contributed by atoms with van der Waals surface area (Å²) in [5, 5.41) is 5.69. The summed E-state index contributed by atoms with van der Waals surface area (Å²) in [6.07, 6.45) is 2.08. The molecule has 1 heterocycles. The lowest BCUT2D eigenvalue weighted by atomic mass is 10.1. The molecule has 0 unspecified atom stereocenters. The van der Waals surface area contributed by atoms with Gasteiger partial charge >= 0.3 is 0 Å². The van der Waals surface area contributed by atoms with Crippen LogP contribution < -0.4 is 5.32 Å². The summed E-state index contributed by atoms with van der Waals surface area (Å²) < 4.78 is 0. The highest BCUT2D eigenvalue weighted by molar-refractivity contribution is 7.98. The molecule has 0 amide bonds. The van der Waals surface area contributed by atoms with Crippen molar-refractivity contribution in [3.8, 4) is 0 Å². The Morgan fingerprint density at radius 1 is 1.31 bits per heavy atom. The third kappa shape index (κ3) is 2.36. The van der Waals surface area contributed by atoms with Crippen LogP contribution in [-0.2, 0) is 6.54 Å². The van der Waals surface area contributed by atoms with E-state index in [1.54, 1.807) is 11.8 Å². The number of thioether (sulfide) groups is 1. The molecule has 0 aliphatic carbocycles. The molecule has 0 radical (unpaired) electrons. The first-order valence-corrected chi connectivity index (χ1v) is 6.71. The van der Waals surface area contributed by atoms with Crippen molar-refractivity contribution in [1.82, 2.24) is 10.3 Å². The fourth-order valence-corrected chi connectivity index (χ4v) is 2.29. The molecular formula is C13H16N2S. The van der Waals surface area contributed by atoms with E-state index in [2.05, 4.69) is 47.7 Å². The van der Waals surface area contributed by atoms with E-state index in [-0.39, 0.29) is 0 Å². The van der Waals surface area contributed by atoms with Crippen LogP contribution in [0.3, 0.4) is 0 Å². The van der Waals surface area contributed by atoms with E-state index in [0.29, 0.717) is 0 Å². The van der Waals surface area contributed by atoms with Crippen LogP contribution in [-0.4, -0.2) is 17.8 Å². The Balaban J connectivity index is 2.45. The molecule has 2 nitrogen and oxygen atoms in total. The van der Waals surface area contributed by atoms with Crippen molar-refractivity contribution in [2.45, 2.75) is 18.5 Å². The van der Waals surface area contributed by atoms with Crippen molar-refractivity contribution in [2.24, 2.45) is 0 Å². The van der Waals surface area contributed by atoms with Crippen LogP contribution in [0.15, 0.2) is 35.4 Å². The molecule has 0 aliphatic rings. The minimum atomic E-state index is 0.893. The van der Waals surface area contributed by atoms with Crippen LogP contribution >= 0.6 is 11.8 Å². The predicted molar refractivity (Wildman–Crippen MR) is 70.9 cm³/mol. The van der Waals surface area contributed by atoms with Gasteiger partial charge in [0.05, 0.1) is 5.52 Å². The zero-order valence-corrected chi connectivity index (χ0v) is 10.5. The number of aromatic nitrogens is 1. The van der Waals surface area contributed by atoms with Crippen LogP contribution in [0.4, 0.5) is 0 Å². The van der Waals surface area contributed by atoms with Crippen molar-refractivity contribution in [2.75, 3.05) is 12.8 Å². The van der Waals surface area contributed by atoms with Crippen molar-refractivity contribution >= 4 is 22.7 Å². The maximum absolute atomic E-state index is 4.67. The molecule has 0 spiro atoms. The summed E-state index contributed by atoms with van der Waals surface area (Å²) in [5.74, 6) is 0. The maximum atomic E-state index is 4.67. The second kappa shape index (κ2) is 5.32. The summed E-state index contributed by atoms with van der Waals surface area (Å²) in [7, 11) is 0. The molecule has 0 bridgehead atoms. The van der Waals surface area contributed by atoms with E-state index < -0.39 is 0 Å². The van der Waals surface area contributed by atoms with Gasteiger partial charge in [0, 0.05) is 11.9 Å². The van der Waals surface area contributed by atoms with Gasteiger partial charge in [-0.1, -0.05) is 25.1 Å². The molecule has 16 heavy (non-hydrogen) atoms. The minimum absolute atomic E-state index is 0.893. The largest absolute Gasteiger partial charge is 0.313 e. The van der Waals surface area contributed by atoms with Crippen molar-refractivity contribution in [3.05, 3.63) is 35.9 Å². The van der Waals surface area contributed by atoms with Gasteiger partial charge in [0.25, 0.3) is 0 Å². The van der Waals surface area contributed by atoms with Crippen LogP contribution in [0.1, 0.15) is 12.5 Å². The molecule has 1 aromatic heterocycles. The molecular weight excluding hydrogens is 216 g/mol. The molecule has 0 saturated heterocycles. The number of nitrogens with zero attached hydrogens (tertiary/aromatic N) is 1. The first kappa shape index (κ1) is 11.4. The number of hydrogen-bond donors (Lipinski definition) is 1. The van der Waals surface area contributed by atoms with Crippen molar-refractivity contribution < 1.29 is 0 Å². The number of para-hydroxylation sites is 1. The zero-order chi connectivity index (χ0) is 11.4. The first-order chi connectivity index (χ1) is 7.85. The van der Waals surface area contributed by atoms with Gasteiger partial charge in [-0.3, -0.25) is 0 Å². The molecule has 2 rings (SSSR count). The average Bonchev–Trinajstić information content (AvgIpc) is 2.35. The molecule has 0 atom stereocenters. The molecule has 0 aliphatic heterocycles. The Labute approximate surface area is 100 Å². The third-order valence-corrected chi connectivity index (χ3v) is 3.26. The molecule has 1 N–H and O–H groups in total. The van der Waals surface area contributed by atoms with Gasteiger partial charge in [-0.15, -0.1) is 11.8 Å². The standard InChI is InChI=1S/C13H16N2S/c1-3-14-9-11-8-10-6-4-5-7-12(10)15-13(11)16-2/h4-8,14H,3,9H2,1-2H3. The first-order valence-electron chi connectivity index (χ1n) is 5.48. The monoisotopic (exact) mass is 232 g/mol. The van der Waals surface area contributed by atoms with Crippen molar-refractivity contribution in [3.63, 3.8) is 0 Å². The van der Waals surface area contributed by atoms with Gasteiger partial charge in [-0.25, -0.2) is 4.98 Å². The summed E-state index contributed by atoms with van der Waals surface area (Å²) in [5.41, 5.74) is 2.36. The number of hydrogen-bond acceptors (Lipinski definition) is 3. The number of nitrogens with one attached hydrogen (secondary N) is 1. The fraction of sp³-hybridized carbons (Fsp3) is 0.308. The van der Waals surface area contributed by atoms with Gasteiger partial charge in [0.2, 0.25) is 0 Å². The SMILES string of the molecule is CCNCc1cc2ccccc2nc1SC. The van der Waals surface area contributed by atoms with Gasteiger partial charge < -0.3 is 5.32 Å². The van der Waals surface area contributed by atoms with Crippen LogP contribution in [0.25, 0.3) is 10.9 Å². The third-order valence-electron chi connectivity index (χ3n) is 2.52. The van der Waals surface area contributed by atoms with E-state index >= 15 is 0 Å². The smallest absolute Gasteiger partial charge is 0.101 e. The lowest BCUT2D eigenvalue weighted by Gasteiger charge is -2.08. The fourth-order valence-electron chi connectivity index (χ4n) is 1.71. The molecule has 0 saturated carbocycles. The maximum Gasteiger partial charge on any atom is 0.101 e. The highest BCUT2D eigenvalue weighted by Crippen LogP contribution is 2.22. The Bertz CT molecular complexity index is 482. The van der Waals surface area contributed by atoms with E-state index in [0.717, 1.165) is 23.6 Å². The Morgan fingerprint density at radius 3 is 2.88 bits per heavy atom. The van der Waals surface area contributed by atoms with E-state index in [9.17, 15) is 0 Å². The van der Waals surface area contributed by atoms with E-state index in [1.807, 2.05) is 6.07 Å². The minimum Gasteiger partial charge on any atom is -0.313 e. The molecule has 84 valence electrons. The predicted octanol–water partition coefficient (Wildman–Crippen LogP) is 3.07. The van der Waals surface area contributed by atoms with Gasteiger partial charge in [0.1, 0.15) is 5.03 Å². The molecule has 1 aromatic carbocycles. The number of rotatable bonds is 4. The zero-order valence-electron chi connectivity index (χ0n) is 9.66. The Kier molecular flexibility index (Phi) is 3.80. The quantitative estimate of drug-likeness (QED) is 0.820. The highest BCUT2D eigenvalue weighted by Gasteiger charge is 2.04. The van der Waals surface area contributed by atoms with Gasteiger partial charge in [-0.2, -0.15) is 0 Å². The highest BCUT2D eigenvalue weighted by atomic mass is 32.2. The molecule has 2 aromatic rings. The second-order valence-corrected chi connectivity index (χ2v) is 4.42. The average molecular weight is 232 g/mol. The summed E-state index contributed by atoms with van der Waals surface area (Å²) in [4.78, 5) is 4.67. The summed E-state index contributed by atoms with van der Waals surface area (Å²) in [6, 6.07) is 10.5.